The van der Waals surface area contributed by atoms with Gasteiger partial charge in [-0.15, -0.1) is 0 Å². The van der Waals surface area contributed by atoms with Gasteiger partial charge in [-0.05, 0) is 47.4 Å². The predicted octanol–water partition coefficient (Wildman–Crippen LogP) is 4.54. The molecule has 3 aromatic rings. The standard InChI is InChI=1S/C26H27F3N4O3S/c1-16(2)24-23-19(14-33(24)15-21-7-6-20(13-30-21)26(27,28)29)10-18(12-31-23)25(34)32-11-17-4-8-22(9-5-17)37(3,35)36/h4-10,12-13,16,24H,11,14-15H2,1-3H3,(H,32,34)/t24-/m1/s1. The Balaban J connectivity index is 1.45. The van der Waals surface area contributed by atoms with E-state index in [1.54, 1.807) is 18.2 Å². The van der Waals surface area contributed by atoms with Gasteiger partial charge >= 0.3 is 6.18 Å². The number of pyridine rings is 2. The molecule has 37 heavy (non-hydrogen) atoms. The lowest BCUT2D eigenvalue weighted by molar-refractivity contribution is -0.137. The van der Waals surface area contributed by atoms with E-state index in [2.05, 4.69) is 20.2 Å². The summed E-state index contributed by atoms with van der Waals surface area (Å²) < 4.78 is 61.8. The van der Waals surface area contributed by atoms with E-state index in [1.807, 2.05) is 13.8 Å². The second-order valence-electron chi connectivity index (χ2n) is 9.50. The molecule has 1 aliphatic heterocycles. The highest BCUT2D eigenvalue weighted by atomic mass is 32.2. The number of sulfone groups is 1. The first kappa shape index (κ1) is 26.7. The van der Waals surface area contributed by atoms with Gasteiger partial charge in [0.1, 0.15) is 0 Å². The van der Waals surface area contributed by atoms with Gasteiger partial charge in [0.05, 0.1) is 33.5 Å². The third-order valence-corrected chi connectivity index (χ3v) is 7.39. The number of rotatable bonds is 7. The molecule has 0 spiro atoms. The van der Waals surface area contributed by atoms with Crippen molar-refractivity contribution >= 4 is 15.7 Å². The number of hydrogen-bond donors (Lipinski definition) is 1. The molecule has 0 saturated carbocycles. The van der Waals surface area contributed by atoms with Crippen LogP contribution in [0.1, 0.15) is 58.3 Å². The maximum absolute atomic E-state index is 12.9. The molecule has 4 rings (SSSR count). The summed E-state index contributed by atoms with van der Waals surface area (Å²) in [6, 6.07) is 10.4. The molecule has 0 fully saturated rings. The van der Waals surface area contributed by atoms with Crippen LogP contribution in [0.4, 0.5) is 13.2 Å². The molecule has 3 heterocycles. The Kier molecular flexibility index (Phi) is 7.38. The van der Waals surface area contributed by atoms with Gasteiger partial charge in [0, 0.05) is 38.3 Å². The number of nitrogens with zero attached hydrogens (tertiary/aromatic N) is 3. The predicted molar refractivity (Wildman–Crippen MR) is 131 cm³/mol. The lowest BCUT2D eigenvalue weighted by Crippen LogP contribution is -2.26. The van der Waals surface area contributed by atoms with Gasteiger partial charge in [0.25, 0.3) is 5.91 Å². The Morgan fingerprint density at radius 2 is 1.81 bits per heavy atom. The molecular weight excluding hydrogens is 505 g/mol. The van der Waals surface area contributed by atoms with E-state index in [9.17, 15) is 26.4 Å². The highest BCUT2D eigenvalue weighted by Gasteiger charge is 2.35. The second-order valence-corrected chi connectivity index (χ2v) is 11.5. The molecule has 196 valence electrons. The van der Waals surface area contributed by atoms with Crippen molar-refractivity contribution in [3.8, 4) is 0 Å². The average molecular weight is 533 g/mol. The largest absolute Gasteiger partial charge is 0.417 e. The molecule has 1 amide bonds. The molecule has 0 unspecified atom stereocenters. The Labute approximate surface area is 213 Å². The van der Waals surface area contributed by atoms with E-state index < -0.39 is 21.6 Å². The maximum atomic E-state index is 12.9. The third-order valence-electron chi connectivity index (χ3n) is 6.26. The molecule has 0 bridgehead atoms. The van der Waals surface area contributed by atoms with Gasteiger partial charge in [-0.2, -0.15) is 13.2 Å². The molecule has 7 nitrogen and oxygen atoms in total. The van der Waals surface area contributed by atoms with E-state index in [0.29, 0.717) is 24.3 Å². The van der Waals surface area contributed by atoms with Crippen molar-refractivity contribution < 1.29 is 26.4 Å². The van der Waals surface area contributed by atoms with Crippen molar-refractivity contribution in [1.29, 1.82) is 0 Å². The Bertz CT molecular complexity index is 1390. The van der Waals surface area contributed by atoms with Gasteiger partial charge in [-0.1, -0.05) is 26.0 Å². The van der Waals surface area contributed by atoms with Crippen molar-refractivity contribution in [2.24, 2.45) is 5.92 Å². The van der Waals surface area contributed by atoms with Gasteiger partial charge in [-0.3, -0.25) is 19.7 Å². The van der Waals surface area contributed by atoms with E-state index in [-0.39, 0.29) is 29.3 Å². The fourth-order valence-electron chi connectivity index (χ4n) is 4.45. The Morgan fingerprint density at radius 3 is 2.38 bits per heavy atom. The van der Waals surface area contributed by atoms with E-state index in [1.165, 1.54) is 24.4 Å². The first-order valence-corrected chi connectivity index (χ1v) is 13.5. The summed E-state index contributed by atoms with van der Waals surface area (Å²) in [4.78, 5) is 23.7. The molecule has 2 aromatic heterocycles. The number of hydrogen-bond acceptors (Lipinski definition) is 6. The van der Waals surface area contributed by atoms with Crippen LogP contribution < -0.4 is 5.32 Å². The summed E-state index contributed by atoms with van der Waals surface area (Å²) in [5.41, 5.74) is 2.61. The minimum atomic E-state index is -4.43. The van der Waals surface area contributed by atoms with E-state index in [4.69, 9.17) is 0 Å². The summed E-state index contributed by atoms with van der Waals surface area (Å²) in [7, 11) is -3.29. The van der Waals surface area contributed by atoms with Crippen molar-refractivity contribution in [3.63, 3.8) is 0 Å². The zero-order chi connectivity index (χ0) is 27.0. The van der Waals surface area contributed by atoms with Crippen molar-refractivity contribution in [3.05, 3.63) is 88.5 Å². The molecule has 11 heteroatoms. The lowest BCUT2D eigenvalue weighted by atomic mass is 9.99. The van der Waals surface area contributed by atoms with Crippen molar-refractivity contribution in [1.82, 2.24) is 20.2 Å². The lowest BCUT2D eigenvalue weighted by Gasteiger charge is -2.27. The summed E-state index contributed by atoms with van der Waals surface area (Å²) in [6.45, 7) is 5.15. The molecule has 0 saturated heterocycles. The summed E-state index contributed by atoms with van der Waals surface area (Å²) in [6.07, 6.45) is -0.930. The van der Waals surface area contributed by atoms with Crippen molar-refractivity contribution in [2.45, 2.75) is 50.6 Å². The fraction of sp³-hybridized carbons (Fsp3) is 0.346. The normalized spacial score (nSPS) is 16.1. The average Bonchev–Trinajstić information content (AvgIpc) is 3.19. The Morgan fingerprint density at radius 1 is 1.11 bits per heavy atom. The molecule has 1 aliphatic rings. The van der Waals surface area contributed by atoms with Crippen LogP contribution in [-0.4, -0.2) is 35.4 Å². The quantitative estimate of drug-likeness (QED) is 0.480. The minimum Gasteiger partial charge on any atom is -0.348 e. The van der Waals surface area contributed by atoms with Gasteiger partial charge < -0.3 is 5.32 Å². The molecule has 1 aromatic carbocycles. The van der Waals surface area contributed by atoms with Crippen LogP contribution >= 0.6 is 0 Å². The maximum Gasteiger partial charge on any atom is 0.417 e. The van der Waals surface area contributed by atoms with E-state index in [0.717, 1.165) is 35.3 Å². The second kappa shape index (κ2) is 10.2. The van der Waals surface area contributed by atoms with Crippen LogP contribution in [0.3, 0.4) is 0 Å². The molecule has 0 radical (unpaired) electrons. The monoisotopic (exact) mass is 532 g/mol. The number of carbonyl (C=O) groups excluding carboxylic acids is 1. The molecule has 1 N–H and O–H groups in total. The number of alkyl halides is 3. The Hall–Kier alpha value is -3.31. The third kappa shape index (κ3) is 6.16. The zero-order valence-corrected chi connectivity index (χ0v) is 21.4. The van der Waals surface area contributed by atoms with Crippen LogP contribution in [-0.2, 0) is 35.6 Å². The molecule has 0 aliphatic carbocycles. The smallest absolute Gasteiger partial charge is 0.348 e. The SMILES string of the molecule is CC(C)[C@@H]1c2ncc(C(=O)NCc3ccc(S(C)(=O)=O)cc3)cc2CN1Cc1ccc(C(F)(F)F)cn1. The topological polar surface area (TPSA) is 92.3 Å². The number of nitrogens with one attached hydrogen (secondary N) is 1. The fourth-order valence-corrected chi connectivity index (χ4v) is 5.08. The minimum absolute atomic E-state index is 0.0652. The number of benzene rings is 1. The number of fused-ring (bicyclic) bond motifs is 1. The van der Waals surface area contributed by atoms with Crippen LogP contribution in [0.15, 0.2) is 59.8 Å². The first-order chi connectivity index (χ1) is 17.3. The first-order valence-electron chi connectivity index (χ1n) is 11.6. The number of halogens is 3. The van der Waals surface area contributed by atoms with Crippen LogP contribution in [0.2, 0.25) is 0 Å². The van der Waals surface area contributed by atoms with Crippen LogP contribution in [0.5, 0.6) is 0 Å². The highest BCUT2D eigenvalue weighted by molar-refractivity contribution is 7.90. The van der Waals surface area contributed by atoms with Gasteiger partial charge in [0.2, 0.25) is 0 Å². The van der Waals surface area contributed by atoms with Crippen molar-refractivity contribution in [2.75, 3.05) is 6.26 Å². The summed E-state index contributed by atoms with van der Waals surface area (Å²) in [5, 5.41) is 2.82. The summed E-state index contributed by atoms with van der Waals surface area (Å²) >= 11 is 0. The van der Waals surface area contributed by atoms with E-state index >= 15 is 0 Å². The molecular formula is C26H27F3N4O3S. The van der Waals surface area contributed by atoms with Gasteiger partial charge in [0.15, 0.2) is 9.84 Å². The number of aromatic nitrogens is 2. The summed E-state index contributed by atoms with van der Waals surface area (Å²) in [5.74, 6) is -0.135. The number of amides is 1. The highest BCUT2D eigenvalue weighted by Crippen LogP contribution is 2.38. The van der Waals surface area contributed by atoms with Crippen LogP contribution in [0.25, 0.3) is 0 Å². The van der Waals surface area contributed by atoms with Crippen LogP contribution in [0, 0.1) is 5.92 Å². The number of carbonyl (C=O) groups is 1. The zero-order valence-electron chi connectivity index (χ0n) is 20.6. The van der Waals surface area contributed by atoms with Gasteiger partial charge in [-0.25, -0.2) is 8.42 Å². The molecule has 1 atom stereocenters.